The number of aliphatic hydroxyl groups excluding tert-OH is 1. The van der Waals surface area contributed by atoms with E-state index in [0.29, 0.717) is 17.9 Å². The Bertz CT molecular complexity index is 1530. The van der Waals surface area contributed by atoms with Crippen molar-refractivity contribution in [2.75, 3.05) is 13.7 Å². The number of ether oxygens (including phenoxy) is 2. The maximum absolute atomic E-state index is 13.4. The fraction of sp³-hybridized carbons (Fsp3) is 0.172. The number of aromatic nitrogens is 1. The van der Waals surface area contributed by atoms with Gasteiger partial charge >= 0.3 is 0 Å². The Morgan fingerprint density at radius 3 is 2.72 bits per heavy atom. The van der Waals surface area contributed by atoms with Crippen molar-refractivity contribution in [3.05, 3.63) is 101 Å². The van der Waals surface area contributed by atoms with Crippen LogP contribution in [0.25, 0.3) is 16.7 Å². The quantitative estimate of drug-likeness (QED) is 0.245. The van der Waals surface area contributed by atoms with Crippen molar-refractivity contribution in [1.82, 2.24) is 9.88 Å². The molecule has 0 spiro atoms. The molecule has 1 amide bonds. The van der Waals surface area contributed by atoms with E-state index in [9.17, 15) is 14.7 Å². The number of carbonyl (C=O) groups excluding carboxylic acids is 2. The number of H-pyrrole nitrogens is 1. The lowest BCUT2D eigenvalue weighted by Crippen LogP contribution is -2.29. The summed E-state index contributed by atoms with van der Waals surface area (Å²) in [6, 6.07) is 19.7. The number of nitrogens with zero attached hydrogens (tertiary/aromatic N) is 1. The largest absolute Gasteiger partial charge is 0.507 e. The second-order valence-electron chi connectivity index (χ2n) is 8.99. The molecule has 6 rings (SSSR count). The van der Waals surface area contributed by atoms with E-state index in [0.717, 1.165) is 39.8 Å². The van der Waals surface area contributed by atoms with Gasteiger partial charge < -0.3 is 24.5 Å². The van der Waals surface area contributed by atoms with Gasteiger partial charge in [0, 0.05) is 41.2 Å². The summed E-state index contributed by atoms with van der Waals surface area (Å²) in [5.74, 6) is -0.0509. The van der Waals surface area contributed by atoms with Crippen molar-refractivity contribution >= 4 is 28.4 Å². The Labute approximate surface area is 207 Å². The topological polar surface area (TPSA) is 91.9 Å². The zero-order valence-electron chi connectivity index (χ0n) is 19.7. The van der Waals surface area contributed by atoms with Crippen molar-refractivity contribution < 1.29 is 24.2 Å². The molecule has 0 saturated carbocycles. The maximum Gasteiger partial charge on any atom is 0.295 e. The molecular formula is C29H24N2O5. The van der Waals surface area contributed by atoms with E-state index in [2.05, 4.69) is 4.98 Å². The zero-order chi connectivity index (χ0) is 24.8. The van der Waals surface area contributed by atoms with Gasteiger partial charge in [-0.3, -0.25) is 9.59 Å². The van der Waals surface area contributed by atoms with Crippen molar-refractivity contribution in [3.63, 3.8) is 0 Å². The van der Waals surface area contributed by atoms with Crippen LogP contribution >= 0.6 is 0 Å². The molecule has 1 fully saturated rings. The smallest absolute Gasteiger partial charge is 0.295 e. The minimum Gasteiger partial charge on any atom is -0.507 e. The number of nitrogens with one attached hydrogen (secondary N) is 1. The van der Waals surface area contributed by atoms with Gasteiger partial charge in [-0.05, 0) is 47.5 Å². The van der Waals surface area contributed by atoms with E-state index < -0.39 is 17.7 Å². The third-order valence-electron chi connectivity index (χ3n) is 6.93. The number of aliphatic hydroxyl groups is 1. The van der Waals surface area contributed by atoms with Crippen molar-refractivity contribution in [2.45, 2.75) is 19.0 Å². The lowest BCUT2D eigenvalue weighted by Gasteiger charge is -2.25. The molecule has 3 aromatic carbocycles. The Morgan fingerprint density at radius 1 is 1.11 bits per heavy atom. The number of Topliss-reactive ketones (excluding diaryl/α,β-unsaturated/α-hetero) is 1. The number of amides is 1. The van der Waals surface area contributed by atoms with Crippen molar-refractivity contribution in [1.29, 1.82) is 0 Å². The van der Waals surface area contributed by atoms with Crippen LogP contribution in [-0.2, 0) is 22.6 Å². The number of likely N-dealkylation sites (tertiary alicyclic amines) is 1. The number of hydrogen-bond acceptors (Lipinski definition) is 5. The molecule has 2 aliphatic rings. The van der Waals surface area contributed by atoms with Crippen LogP contribution < -0.4 is 9.47 Å². The number of para-hydroxylation sites is 1. The number of ketones is 1. The molecule has 0 aliphatic carbocycles. The fourth-order valence-corrected chi connectivity index (χ4v) is 5.10. The first-order valence-electron chi connectivity index (χ1n) is 11.8. The van der Waals surface area contributed by atoms with Gasteiger partial charge in [0.1, 0.15) is 17.3 Å². The summed E-state index contributed by atoms with van der Waals surface area (Å²) in [5, 5.41) is 12.3. The minimum atomic E-state index is -0.757. The first-order valence-corrected chi connectivity index (χ1v) is 11.8. The summed E-state index contributed by atoms with van der Waals surface area (Å²) < 4.78 is 10.8. The summed E-state index contributed by atoms with van der Waals surface area (Å²) in [7, 11) is 1.59. The molecule has 2 N–H and O–H groups in total. The summed E-state index contributed by atoms with van der Waals surface area (Å²) >= 11 is 0. The Morgan fingerprint density at radius 2 is 1.92 bits per heavy atom. The lowest BCUT2D eigenvalue weighted by molar-refractivity contribution is -0.140. The highest BCUT2D eigenvalue weighted by Gasteiger charge is 2.47. The molecule has 7 nitrogen and oxygen atoms in total. The highest BCUT2D eigenvalue weighted by Crippen LogP contribution is 2.43. The predicted octanol–water partition coefficient (Wildman–Crippen LogP) is 4.73. The van der Waals surface area contributed by atoms with Crippen LogP contribution in [0.5, 0.6) is 11.5 Å². The van der Waals surface area contributed by atoms with Gasteiger partial charge in [0.25, 0.3) is 11.7 Å². The molecule has 4 aromatic rings. The molecule has 1 aromatic heterocycles. The second kappa shape index (κ2) is 8.61. The first kappa shape index (κ1) is 22.0. The number of aromatic amines is 1. The van der Waals surface area contributed by atoms with Crippen LogP contribution in [-0.4, -0.2) is 40.4 Å². The summed E-state index contributed by atoms with van der Waals surface area (Å²) in [6.07, 6.45) is 2.54. The first-order chi connectivity index (χ1) is 17.5. The third-order valence-corrected chi connectivity index (χ3v) is 6.93. The van der Waals surface area contributed by atoms with E-state index in [4.69, 9.17) is 9.47 Å². The van der Waals surface area contributed by atoms with E-state index in [1.165, 1.54) is 4.90 Å². The highest BCUT2D eigenvalue weighted by molar-refractivity contribution is 6.46. The molecule has 0 bridgehead atoms. The standard InChI is InChI=1S/C29H24N2O5/c1-35-20-9-6-17(7-10-20)16-31-26(22-15-30-23-5-3-2-4-21(22)23)25(28(33)29(31)34)27(32)19-8-11-24-18(14-19)12-13-36-24/h2-11,14-15,26,30,32H,12-13,16H2,1H3/b27-25+. The average molecular weight is 481 g/mol. The van der Waals surface area contributed by atoms with E-state index in [1.54, 1.807) is 19.2 Å². The van der Waals surface area contributed by atoms with Gasteiger partial charge in [0.2, 0.25) is 0 Å². The fourth-order valence-electron chi connectivity index (χ4n) is 5.10. The monoisotopic (exact) mass is 480 g/mol. The number of carbonyl (C=O) groups is 2. The summed E-state index contributed by atoms with van der Waals surface area (Å²) in [4.78, 5) is 31.6. The minimum absolute atomic E-state index is 0.0807. The van der Waals surface area contributed by atoms with E-state index >= 15 is 0 Å². The molecule has 3 heterocycles. The third kappa shape index (κ3) is 3.51. The number of methoxy groups -OCH3 is 1. The van der Waals surface area contributed by atoms with Gasteiger partial charge in [-0.15, -0.1) is 0 Å². The van der Waals surface area contributed by atoms with Gasteiger partial charge in [-0.2, -0.15) is 0 Å². The maximum atomic E-state index is 13.4. The van der Waals surface area contributed by atoms with Gasteiger partial charge in [-0.25, -0.2) is 0 Å². The van der Waals surface area contributed by atoms with Crippen LogP contribution in [0.1, 0.15) is 28.3 Å². The van der Waals surface area contributed by atoms with E-state index in [1.807, 2.05) is 60.8 Å². The Balaban J connectivity index is 1.50. The molecule has 36 heavy (non-hydrogen) atoms. The Kier molecular flexibility index (Phi) is 5.25. The Hall–Kier alpha value is -4.52. The van der Waals surface area contributed by atoms with Crippen molar-refractivity contribution in [2.24, 2.45) is 0 Å². The molecule has 0 radical (unpaired) electrons. The number of rotatable bonds is 5. The van der Waals surface area contributed by atoms with Crippen LogP contribution in [0.15, 0.2) is 78.5 Å². The van der Waals surface area contributed by atoms with Gasteiger partial charge in [0.15, 0.2) is 0 Å². The SMILES string of the molecule is COc1ccc(CN2C(=O)C(=O)/C(=C(/O)c3ccc4c(c3)CCO4)C2c2c[nH]c3ccccc23)cc1. The molecule has 180 valence electrons. The van der Waals surface area contributed by atoms with Crippen LogP contribution in [0.2, 0.25) is 0 Å². The summed E-state index contributed by atoms with van der Waals surface area (Å²) in [6.45, 7) is 0.786. The predicted molar refractivity (Wildman–Crippen MR) is 135 cm³/mol. The number of hydrogen-bond donors (Lipinski definition) is 2. The molecular weight excluding hydrogens is 456 g/mol. The highest BCUT2D eigenvalue weighted by atomic mass is 16.5. The van der Waals surface area contributed by atoms with Gasteiger partial charge in [0.05, 0.1) is 25.3 Å². The van der Waals surface area contributed by atoms with Gasteiger partial charge in [-0.1, -0.05) is 30.3 Å². The molecule has 1 saturated heterocycles. The van der Waals surface area contributed by atoms with Crippen LogP contribution in [0.4, 0.5) is 0 Å². The van der Waals surface area contributed by atoms with Crippen molar-refractivity contribution in [3.8, 4) is 11.5 Å². The van der Waals surface area contributed by atoms with Crippen LogP contribution in [0.3, 0.4) is 0 Å². The second-order valence-corrected chi connectivity index (χ2v) is 8.99. The summed E-state index contributed by atoms with van der Waals surface area (Å²) in [5.41, 5.74) is 4.03. The average Bonchev–Trinajstić information content (AvgIpc) is 3.61. The molecule has 1 unspecified atom stereocenters. The molecule has 7 heteroatoms. The molecule has 1 atom stereocenters. The lowest BCUT2D eigenvalue weighted by atomic mass is 9.94. The van der Waals surface area contributed by atoms with Crippen LogP contribution in [0, 0.1) is 0 Å². The normalized spacial score (nSPS) is 18.5. The zero-order valence-corrected chi connectivity index (χ0v) is 19.7. The number of fused-ring (bicyclic) bond motifs is 2. The number of benzene rings is 3. The molecule has 2 aliphatic heterocycles. The van der Waals surface area contributed by atoms with E-state index in [-0.39, 0.29) is 17.9 Å².